The topological polar surface area (TPSA) is 38.5 Å². The summed E-state index contributed by atoms with van der Waals surface area (Å²) in [6, 6.07) is 1.04. The van der Waals surface area contributed by atoms with E-state index in [4.69, 9.17) is 10.5 Å². The summed E-state index contributed by atoms with van der Waals surface area (Å²) >= 11 is 0. The van der Waals surface area contributed by atoms with Crippen LogP contribution in [0.25, 0.3) is 0 Å². The molecule has 100 valence electrons. The van der Waals surface area contributed by atoms with Crippen molar-refractivity contribution in [3.8, 4) is 0 Å². The summed E-state index contributed by atoms with van der Waals surface area (Å²) in [6.45, 7) is 3.36. The molecule has 2 N–H and O–H groups in total. The minimum atomic E-state index is 0.402. The highest BCUT2D eigenvalue weighted by atomic mass is 16.5. The van der Waals surface area contributed by atoms with Gasteiger partial charge in [0.05, 0.1) is 6.61 Å². The molecule has 3 unspecified atom stereocenters. The Balaban J connectivity index is 1.90. The summed E-state index contributed by atoms with van der Waals surface area (Å²) in [5.41, 5.74) is 6.36. The maximum absolute atomic E-state index is 6.36. The van der Waals surface area contributed by atoms with Crippen LogP contribution in [0.15, 0.2) is 0 Å². The maximum atomic E-state index is 6.36. The molecule has 0 aromatic carbocycles. The zero-order valence-electron chi connectivity index (χ0n) is 11.2. The number of hydrogen-bond acceptors (Lipinski definition) is 3. The fourth-order valence-corrected chi connectivity index (χ4v) is 3.54. The Labute approximate surface area is 106 Å². The summed E-state index contributed by atoms with van der Waals surface area (Å²) < 4.78 is 5.31. The fourth-order valence-electron chi connectivity index (χ4n) is 3.54. The molecule has 2 rings (SSSR count). The molecule has 1 aliphatic carbocycles. The minimum absolute atomic E-state index is 0.402. The molecule has 0 aromatic heterocycles. The van der Waals surface area contributed by atoms with Crippen LogP contribution in [-0.2, 0) is 4.74 Å². The molecule has 1 aliphatic heterocycles. The largest absolute Gasteiger partial charge is 0.384 e. The van der Waals surface area contributed by atoms with E-state index in [0.29, 0.717) is 12.1 Å². The molecule has 3 nitrogen and oxygen atoms in total. The van der Waals surface area contributed by atoms with Gasteiger partial charge in [0.25, 0.3) is 0 Å². The predicted molar refractivity (Wildman–Crippen MR) is 71.0 cm³/mol. The second-order valence-corrected chi connectivity index (χ2v) is 5.83. The van der Waals surface area contributed by atoms with E-state index in [1.165, 1.54) is 58.0 Å². The standard InChI is InChI=1S/C14H28N2O/c1-17-11-12-6-5-9-16(10-12)14-8-4-2-3-7-13(14)15/h12-14H,2-11,15H2,1H3. The number of nitrogens with two attached hydrogens (primary N) is 1. The highest BCUT2D eigenvalue weighted by molar-refractivity contribution is 4.87. The highest BCUT2D eigenvalue weighted by Gasteiger charge is 2.30. The maximum Gasteiger partial charge on any atom is 0.0502 e. The number of nitrogens with zero attached hydrogens (tertiary/aromatic N) is 1. The lowest BCUT2D eigenvalue weighted by molar-refractivity contribution is 0.0584. The second-order valence-electron chi connectivity index (χ2n) is 5.83. The molecular weight excluding hydrogens is 212 g/mol. The first-order chi connectivity index (χ1) is 8.31. The van der Waals surface area contributed by atoms with Crippen molar-refractivity contribution in [1.29, 1.82) is 0 Å². The van der Waals surface area contributed by atoms with E-state index in [2.05, 4.69) is 4.90 Å². The third-order valence-corrected chi connectivity index (χ3v) is 4.45. The molecule has 3 atom stereocenters. The molecule has 1 heterocycles. The number of hydrogen-bond donors (Lipinski definition) is 1. The summed E-state index contributed by atoms with van der Waals surface area (Å²) in [7, 11) is 1.82. The first-order valence-electron chi connectivity index (χ1n) is 7.30. The van der Waals surface area contributed by atoms with E-state index in [1.54, 1.807) is 0 Å². The second kappa shape index (κ2) is 6.72. The van der Waals surface area contributed by atoms with E-state index in [-0.39, 0.29) is 0 Å². The monoisotopic (exact) mass is 240 g/mol. The van der Waals surface area contributed by atoms with Crippen LogP contribution in [0.4, 0.5) is 0 Å². The molecule has 0 spiro atoms. The molecule has 0 amide bonds. The van der Waals surface area contributed by atoms with Crippen molar-refractivity contribution in [2.24, 2.45) is 11.7 Å². The number of piperidine rings is 1. The van der Waals surface area contributed by atoms with E-state index in [9.17, 15) is 0 Å². The highest BCUT2D eigenvalue weighted by Crippen LogP contribution is 2.26. The molecule has 2 fully saturated rings. The molecule has 0 aromatic rings. The van der Waals surface area contributed by atoms with Gasteiger partial charge in [-0.15, -0.1) is 0 Å². The van der Waals surface area contributed by atoms with Gasteiger partial charge in [0.15, 0.2) is 0 Å². The number of likely N-dealkylation sites (tertiary alicyclic amines) is 1. The average molecular weight is 240 g/mol. The van der Waals surface area contributed by atoms with Gasteiger partial charge in [-0.3, -0.25) is 4.90 Å². The van der Waals surface area contributed by atoms with Gasteiger partial charge in [0, 0.05) is 25.7 Å². The van der Waals surface area contributed by atoms with E-state index in [1.807, 2.05) is 7.11 Å². The van der Waals surface area contributed by atoms with Gasteiger partial charge in [0.1, 0.15) is 0 Å². The van der Waals surface area contributed by atoms with Crippen molar-refractivity contribution < 1.29 is 4.74 Å². The third kappa shape index (κ3) is 3.67. The molecule has 17 heavy (non-hydrogen) atoms. The molecule has 2 aliphatic rings. The van der Waals surface area contributed by atoms with Crippen molar-refractivity contribution in [2.75, 3.05) is 26.8 Å². The Bertz CT molecular complexity index is 220. The lowest BCUT2D eigenvalue weighted by atomic mass is 9.94. The SMILES string of the molecule is COCC1CCCN(C2CCCCCC2N)C1. The summed E-state index contributed by atoms with van der Waals surface area (Å²) in [5, 5.41) is 0. The van der Waals surface area contributed by atoms with E-state index >= 15 is 0 Å². The van der Waals surface area contributed by atoms with Crippen LogP contribution < -0.4 is 5.73 Å². The Kier molecular flexibility index (Phi) is 5.26. The molecule has 0 radical (unpaired) electrons. The normalized spacial score (nSPS) is 36.7. The average Bonchev–Trinajstić information content (AvgIpc) is 2.55. The van der Waals surface area contributed by atoms with E-state index < -0.39 is 0 Å². The Hall–Kier alpha value is -0.120. The Morgan fingerprint density at radius 1 is 1.12 bits per heavy atom. The number of methoxy groups -OCH3 is 1. The molecular formula is C14H28N2O. The Morgan fingerprint density at radius 3 is 2.76 bits per heavy atom. The predicted octanol–water partition coefficient (Wildman–Crippen LogP) is 2.00. The minimum Gasteiger partial charge on any atom is -0.384 e. The zero-order chi connectivity index (χ0) is 12.1. The van der Waals surface area contributed by atoms with E-state index in [0.717, 1.165) is 12.5 Å². The van der Waals surface area contributed by atoms with Crippen LogP contribution in [0, 0.1) is 5.92 Å². The fraction of sp³-hybridized carbons (Fsp3) is 1.00. The van der Waals surface area contributed by atoms with Gasteiger partial charge >= 0.3 is 0 Å². The van der Waals surface area contributed by atoms with Gasteiger partial charge < -0.3 is 10.5 Å². The number of ether oxygens (including phenoxy) is 1. The van der Waals surface area contributed by atoms with Gasteiger partial charge in [-0.25, -0.2) is 0 Å². The van der Waals surface area contributed by atoms with Crippen LogP contribution in [-0.4, -0.2) is 43.8 Å². The lowest BCUT2D eigenvalue weighted by Gasteiger charge is -2.40. The number of rotatable bonds is 3. The first kappa shape index (κ1) is 13.3. The van der Waals surface area contributed by atoms with Crippen LogP contribution >= 0.6 is 0 Å². The summed E-state index contributed by atoms with van der Waals surface area (Å²) in [6.07, 6.45) is 9.23. The van der Waals surface area contributed by atoms with Crippen molar-refractivity contribution in [2.45, 2.75) is 57.0 Å². The van der Waals surface area contributed by atoms with Crippen molar-refractivity contribution in [1.82, 2.24) is 4.90 Å². The quantitative estimate of drug-likeness (QED) is 0.767. The van der Waals surface area contributed by atoms with Gasteiger partial charge in [-0.1, -0.05) is 19.3 Å². The lowest BCUT2D eigenvalue weighted by Crippen LogP contribution is -2.51. The molecule has 1 saturated heterocycles. The van der Waals surface area contributed by atoms with Crippen molar-refractivity contribution >= 4 is 0 Å². The molecule has 0 bridgehead atoms. The third-order valence-electron chi connectivity index (χ3n) is 4.45. The van der Waals surface area contributed by atoms with Crippen LogP contribution in [0.1, 0.15) is 44.9 Å². The zero-order valence-corrected chi connectivity index (χ0v) is 11.2. The summed E-state index contributed by atoms with van der Waals surface area (Å²) in [5.74, 6) is 0.726. The van der Waals surface area contributed by atoms with Gasteiger partial charge in [0.2, 0.25) is 0 Å². The van der Waals surface area contributed by atoms with Crippen LogP contribution in [0.2, 0.25) is 0 Å². The Morgan fingerprint density at radius 2 is 1.94 bits per heavy atom. The van der Waals surface area contributed by atoms with Crippen molar-refractivity contribution in [3.05, 3.63) is 0 Å². The van der Waals surface area contributed by atoms with Crippen LogP contribution in [0.5, 0.6) is 0 Å². The molecule has 1 saturated carbocycles. The van der Waals surface area contributed by atoms with Crippen molar-refractivity contribution in [3.63, 3.8) is 0 Å². The smallest absolute Gasteiger partial charge is 0.0502 e. The summed E-state index contributed by atoms with van der Waals surface area (Å²) in [4.78, 5) is 2.66. The van der Waals surface area contributed by atoms with Gasteiger partial charge in [-0.05, 0) is 38.1 Å². The first-order valence-corrected chi connectivity index (χ1v) is 7.30. The van der Waals surface area contributed by atoms with Crippen LogP contribution in [0.3, 0.4) is 0 Å². The van der Waals surface area contributed by atoms with Gasteiger partial charge in [-0.2, -0.15) is 0 Å². The molecule has 3 heteroatoms.